The largest absolute Gasteiger partial charge is 0.392 e. The minimum absolute atomic E-state index is 0.0733. The van der Waals surface area contributed by atoms with Crippen molar-refractivity contribution in [2.45, 2.75) is 40.2 Å². The zero-order chi connectivity index (χ0) is 12.8. The van der Waals surface area contributed by atoms with Crippen molar-refractivity contribution in [1.29, 1.82) is 0 Å². The summed E-state index contributed by atoms with van der Waals surface area (Å²) in [5, 5.41) is 14.2. The molecule has 0 rings (SSSR count). The Morgan fingerprint density at radius 1 is 1.25 bits per heavy atom. The van der Waals surface area contributed by atoms with E-state index in [1.807, 2.05) is 20.8 Å². The second-order valence-electron chi connectivity index (χ2n) is 4.91. The summed E-state index contributed by atoms with van der Waals surface area (Å²) in [4.78, 5) is 22.6. The number of rotatable bonds is 5. The quantitative estimate of drug-likeness (QED) is 0.624. The zero-order valence-electron chi connectivity index (χ0n) is 10.5. The summed E-state index contributed by atoms with van der Waals surface area (Å²) in [7, 11) is 0. The van der Waals surface area contributed by atoms with Crippen LogP contribution >= 0.6 is 0 Å². The van der Waals surface area contributed by atoms with Crippen molar-refractivity contribution < 1.29 is 14.7 Å². The standard InChI is InChI=1S/C11H22N2O3/c1-8(14)7-13-9(15)5-6-12-10(16)11(2,3)4/h8,14H,5-7H2,1-4H3,(H,12,16)(H,13,15)/t8-/m1/s1. The lowest BCUT2D eigenvalue weighted by Gasteiger charge is -2.17. The van der Waals surface area contributed by atoms with Gasteiger partial charge in [-0.2, -0.15) is 0 Å². The molecule has 0 aliphatic heterocycles. The molecule has 0 heterocycles. The number of carbonyl (C=O) groups excluding carboxylic acids is 2. The van der Waals surface area contributed by atoms with Gasteiger partial charge in [0.1, 0.15) is 0 Å². The van der Waals surface area contributed by atoms with Gasteiger partial charge >= 0.3 is 0 Å². The summed E-state index contributed by atoms with van der Waals surface area (Å²) < 4.78 is 0. The van der Waals surface area contributed by atoms with Crippen LogP contribution in [0.2, 0.25) is 0 Å². The van der Waals surface area contributed by atoms with Crippen molar-refractivity contribution >= 4 is 11.8 Å². The fourth-order valence-corrected chi connectivity index (χ4v) is 0.905. The van der Waals surface area contributed by atoms with E-state index in [0.29, 0.717) is 6.54 Å². The maximum absolute atomic E-state index is 11.4. The van der Waals surface area contributed by atoms with E-state index < -0.39 is 11.5 Å². The van der Waals surface area contributed by atoms with Crippen LogP contribution in [0.3, 0.4) is 0 Å². The average Bonchev–Trinajstić information content (AvgIpc) is 2.13. The van der Waals surface area contributed by atoms with Crippen molar-refractivity contribution in [3.05, 3.63) is 0 Å². The van der Waals surface area contributed by atoms with Crippen molar-refractivity contribution in [3.63, 3.8) is 0 Å². The first-order chi connectivity index (χ1) is 7.23. The molecule has 0 fully saturated rings. The van der Waals surface area contributed by atoms with Crippen LogP contribution in [0, 0.1) is 5.41 Å². The molecular formula is C11H22N2O3. The lowest BCUT2D eigenvalue weighted by molar-refractivity contribution is -0.128. The highest BCUT2D eigenvalue weighted by Crippen LogP contribution is 2.11. The first-order valence-corrected chi connectivity index (χ1v) is 5.46. The van der Waals surface area contributed by atoms with Crippen LogP contribution in [0.15, 0.2) is 0 Å². The van der Waals surface area contributed by atoms with Gasteiger partial charge < -0.3 is 15.7 Å². The predicted molar refractivity (Wildman–Crippen MR) is 61.8 cm³/mol. The van der Waals surface area contributed by atoms with Crippen molar-refractivity contribution in [3.8, 4) is 0 Å². The molecule has 94 valence electrons. The summed E-state index contributed by atoms with van der Waals surface area (Å²) in [6.45, 7) is 7.61. The van der Waals surface area contributed by atoms with E-state index in [4.69, 9.17) is 5.11 Å². The Morgan fingerprint density at radius 2 is 1.81 bits per heavy atom. The van der Waals surface area contributed by atoms with Crippen molar-refractivity contribution in [2.75, 3.05) is 13.1 Å². The molecular weight excluding hydrogens is 208 g/mol. The van der Waals surface area contributed by atoms with Crippen LogP contribution in [0.1, 0.15) is 34.1 Å². The number of amides is 2. The third-order valence-corrected chi connectivity index (χ3v) is 1.91. The molecule has 0 aromatic carbocycles. The van der Waals surface area contributed by atoms with Gasteiger partial charge in [-0.25, -0.2) is 0 Å². The third-order valence-electron chi connectivity index (χ3n) is 1.91. The Hall–Kier alpha value is -1.10. The van der Waals surface area contributed by atoms with E-state index in [9.17, 15) is 9.59 Å². The number of aliphatic hydroxyl groups is 1. The van der Waals surface area contributed by atoms with Gasteiger partial charge in [-0.15, -0.1) is 0 Å². The highest BCUT2D eigenvalue weighted by Gasteiger charge is 2.20. The topological polar surface area (TPSA) is 78.4 Å². The second kappa shape index (κ2) is 6.48. The van der Waals surface area contributed by atoms with E-state index >= 15 is 0 Å². The Balaban J connectivity index is 3.67. The number of carbonyl (C=O) groups is 2. The Morgan fingerprint density at radius 3 is 2.25 bits per heavy atom. The molecule has 0 saturated carbocycles. The van der Waals surface area contributed by atoms with Crippen LogP contribution in [-0.4, -0.2) is 36.1 Å². The first kappa shape index (κ1) is 14.9. The fourth-order valence-electron chi connectivity index (χ4n) is 0.905. The van der Waals surface area contributed by atoms with Crippen LogP contribution < -0.4 is 10.6 Å². The summed E-state index contributed by atoms with van der Waals surface area (Å²) in [5.41, 5.74) is -0.434. The summed E-state index contributed by atoms with van der Waals surface area (Å²) in [6.07, 6.45) is -0.317. The average molecular weight is 230 g/mol. The van der Waals surface area contributed by atoms with Crippen LogP contribution in [0.5, 0.6) is 0 Å². The van der Waals surface area contributed by atoms with Gasteiger partial charge in [-0.3, -0.25) is 9.59 Å². The van der Waals surface area contributed by atoms with Crippen LogP contribution in [0.4, 0.5) is 0 Å². The molecule has 0 aliphatic carbocycles. The smallest absolute Gasteiger partial charge is 0.225 e. The first-order valence-electron chi connectivity index (χ1n) is 5.46. The number of hydrogen-bond acceptors (Lipinski definition) is 3. The highest BCUT2D eigenvalue weighted by atomic mass is 16.3. The van der Waals surface area contributed by atoms with Crippen molar-refractivity contribution in [1.82, 2.24) is 10.6 Å². The Kier molecular flexibility index (Phi) is 6.03. The van der Waals surface area contributed by atoms with Crippen molar-refractivity contribution in [2.24, 2.45) is 5.41 Å². The molecule has 0 saturated heterocycles. The van der Waals surface area contributed by atoms with E-state index in [1.165, 1.54) is 0 Å². The maximum Gasteiger partial charge on any atom is 0.225 e. The second-order valence-corrected chi connectivity index (χ2v) is 4.91. The maximum atomic E-state index is 11.4. The molecule has 1 atom stereocenters. The zero-order valence-corrected chi connectivity index (χ0v) is 10.5. The summed E-state index contributed by atoms with van der Waals surface area (Å²) in [6, 6.07) is 0. The van der Waals surface area contributed by atoms with Crippen LogP contribution in [-0.2, 0) is 9.59 Å². The van der Waals surface area contributed by atoms with Gasteiger partial charge in [0.2, 0.25) is 11.8 Å². The van der Waals surface area contributed by atoms with Gasteiger partial charge in [-0.05, 0) is 6.92 Å². The van der Waals surface area contributed by atoms with E-state index in [0.717, 1.165) is 0 Å². The molecule has 5 nitrogen and oxygen atoms in total. The molecule has 2 amide bonds. The highest BCUT2D eigenvalue weighted by molar-refractivity contribution is 5.82. The summed E-state index contributed by atoms with van der Waals surface area (Å²) in [5.74, 6) is -0.245. The molecule has 0 aromatic rings. The molecule has 0 spiro atoms. The fraction of sp³-hybridized carbons (Fsp3) is 0.818. The molecule has 5 heteroatoms. The number of nitrogens with one attached hydrogen (secondary N) is 2. The SMILES string of the molecule is C[C@@H](O)CNC(=O)CCNC(=O)C(C)(C)C. The van der Waals surface area contributed by atoms with Gasteiger partial charge in [0.25, 0.3) is 0 Å². The van der Waals surface area contributed by atoms with E-state index in [1.54, 1.807) is 6.92 Å². The van der Waals surface area contributed by atoms with Crippen LogP contribution in [0.25, 0.3) is 0 Å². The molecule has 16 heavy (non-hydrogen) atoms. The monoisotopic (exact) mass is 230 g/mol. The van der Waals surface area contributed by atoms with Gasteiger partial charge in [0.05, 0.1) is 6.10 Å². The van der Waals surface area contributed by atoms with Gasteiger partial charge in [0, 0.05) is 24.9 Å². The Labute approximate surface area is 96.6 Å². The molecule has 0 aromatic heterocycles. The predicted octanol–water partition coefficient (Wildman–Crippen LogP) is 0.0358. The lowest BCUT2D eigenvalue weighted by atomic mass is 9.96. The minimum Gasteiger partial charge on any atom is -0.392 e. The van der Waals surface area contributed by atoms with Gasteiger partial charge in [-0.1, -0.05) is 20.8 Å². The van der Waals surface area contributed by atoms with Gasteiger partial charge in [0.15, 0.2) is 0 Å². The van der Waals surface area contributed by atoms with E-state index in [2.05, 4.69) is 10.6 Å². The molecule has 0 aliphatic rings. The molecule has 0 radical (unpaired) electrons. The number of aliphatic hydroxyl groups excluding tert-OH is 1. The third kappa shape index (κ3) is 7.23. The minimum atomic E-state index is -0.548. The lowest BCUT2D eigenvalue weighted by Crippen LogP contribution is -2.38. The molecule has 3 N–H and O–H groups in total. The van der Waals surface area contributed by atoms with E-state index in [-0.39, 0.29) is 24.8 Å². The normalized spacial score (nSPS) is 13.1. The summed E-state index contributed by atoms with van der Waals surface area (Å²) >= 11 is 0. The molecule has 0 bridgehead atoms. The Bertz CT molecular complexity index is 244. The number of hydrogen-bond donors (Lipinski definition) is 3. The molecule has 0 unspecified atom stereocenters.